The van der Waals surface area contributed by atoms with E-state index in [0.717, 1.165) is 11.1 Å². The zero-order chi connectivity index (χ0) is 14.7. The summed E-state index contributed by atoms with van der Waals surface area (Å²) in [6.07, 6.45) is 0. The number of carbonyl (C=O) groups excluding carboxylic acids is 1. The van der Waals surface area contributed by atoms with Gasteiger partial charge in [-0.15, -0.1) is 0 Å². The molecule has 0 fully saturated rings. The molecule has 0 heterocycles. The number of ketones is 1. The molecule has 1 nitrogen and oxygen atoms in total. The molecule has 0 bridgehead atoms. The molecule has 0 unspecified atom stereocenters. The van der Waals surface area contributed by atoms with Crippen molar-refractivity contribution in [1.82, 2.24) is 0 Å². The highest BCUT2D eigenvalue weighted by Gasteiger charge is 2.24. The van der Waals surface area contributed by atoms with Gasteiger partial charge in [0.05, 0.1) is 5.92 Å². The van der Waals surface area contributed by atoms with E-state index in [0.29, 0.717) is 0 Å². The first-order valence-electron chi connectivity index (χ1n) is 6.53. The Morgan fingerprint density at radius 2 is 1.15 bits per heavy atom. The summed E-state index contributed by atoms with van der Waals surface area (Å²) in [6.45, 7) is 3.64. The Balaban J connectivity index is 2.47. The second kappa shape index (κ2) is 5.95. The summed E-state index contributed by atoms with van der Waals surface area (Å²) in [5.41, 5.74) is 1.44. The van der Waals surface area contributed by atoms with Gasteiger partial charge in [-0.2, -0.15) is 0 Å². The van der Waals surface area contributed by atoms with Crippen molar-refractivity contribution in [2.45, 2.75) is 19.8 Å². The standard InChI is InChI=1S/C17H16F2O/c1-11(2)17(20)16(12-3-7-14(18)8-4-12)13-5-9-15(19)10-6-13/h3-11,16H,1-2H3. The first-order chi connectivity index (χ1) is 9.49. The molecule has 2 rings (SSSR count). The Labute approximate surface area is 117 Å². The van der Waals surface area contributed by atoms with Crippen LogP contribution in [-0.4, -0.2) is 5.78 Å². The summed E-state index contributed by atoms with van der Waals surface area (Å²) < 4.78 is 26.1. The lowest BCUT2D eigenvalue weighted by Gasteiger charge is -2.19. The van der Waals surface area contributed by atoms with Crippen LogP contribution >= 0.6 is 0 Å². The minimum atomic E-state index is -0.490. The van der Waals surface area contributed by atoms with Gasteiger partial charge in [-0.1, -0.05) is 38.1 Å². The Bertz CT molecular complexity index is 540. The lowest BCUT2D eigenvalue weighted by atomic mass is 9.83. The Morgan fingerprint density at radius 1 is 0.800 bits per heavy atom. The van der Waals surface area contributed by atoms with Gasteiger partial charge in [0.15, 0.2) is 0 Å². The minimum Gasteiger partial charge on any atom is -0.298 e. The molecule has 0 spiro atoms. The summed E-state index contributed by atoms with van der Waals surface area (Å²) in [6, 6.07) is 11.7. The summed E-state index contributed by atoms with van der Waals surface area (Å²) in [5, 5.41) is 0. The second-order valence-electron chi connectivity index (χ2n) is 5.09. The van der Waals surface area contributed by atoms with Gasteiger partial charge in [-0.25, -0.2) is 8.78 Å². The molecule has 0 atom stereocenters. The van der Waals surface area contributed by atoms with Gasteiger partial charge < -0.3 is 0 Å². The lowest BCUT2D eigenvalue weighted by Crippen LogP contribution is -2.19. The molecule has 0 aliphatic rings. The van der Waals surface area contributed by atoms with Gasteiger partial charge >= 0.3 is 0 Å². The van der Waals surface area contributed by atoms with E-state index >= 15 is 0 Å². The molecule has 20 heavy (non-hydrogen) atoms. The monoisotopic (exact) mass is 274 g/mol. The largest absolute Gasteiger partial charge is 0.298 e. The van der Waals surface area contributed by atoms with Gasteiger partial charge in [-0.05, 0) is 35.4 Å². The van der Waals surface area contributed by atoms with E-state index in [2.05, 4.69) is 0 Å². The average Bonchev–Trinajstić information content (AvgIpc) is 2.43. The van der Waals surface area contributed by atoms with Gasteiger partial charge in [0.2, 0.25) is 0 Å². The molecule has 3 heteroatoms. The van der Waals surface area contributed by atoms with Gasteiger partial charge in [0.25, 0.3) is 0 Å². The number of benzene rings is 2. The maximum absolute atomic E-state index is 13.0. The fraction of sp³-hybridized carbons (Fsp3) is 0.235. The molecule has 0 N–H and O–H groups in total. The average molecular weight is 274 g/mol. The maximum atomic E-state index is 13.0. The molecule has 0 amide bonds. The fourth-order valence-electron chi connectivity index (χ4n) is 2.16. The third-order valence-corrected chi connectivity index (χ3v) is 3.26. The molecule has 0 aromatic heterocycles. The van der Waals surface area contributed by atoms with E-state index in [-0.39, 0.29) is 23.3 Å². The third kappa shape index (κ3) is 3.10. The molecule has 0 aliphatic carbocycles. The lowest BCUT2D eigenvalue weighted by molar-refractivity contribution is -0.122. The normalized spacial score (nSPS) is 11.1. The van der Waals surface area contributed by atoms with Crippen molar-refractivity contribution >= 4 is 5.78 Å². The van der Waals surface area contributed by atoms with E-state index < -0.39 is 5.92 Å². The number of hydrogen-bond donors (Lipinski definition) is 0. The van der Waals surface area contributed by atoms with Crippen molar-refractivity contribution < 1.29 is 13.6 Å². The van der Waals surface area contributed by atoms with E-state index in [1.807, 2.05) is 13.8 Å². The smallest absolute Gasteiger partial charge is 0.147 e. The van der Waals surface area contributed by atoms with E-state index in [4.69, 9.17) is 0 Å². The van der Waals surface area contributed by atoms with E-state index in [1.165, 1.54) is 24.3 Å². The molecule has 104 valence electrons. The predicted molar refractivity (Wildman–Crippen MR) is 74.5 cm³/mol. The van der Waals surface area contributed by atoms with Crippen molar-refractivity contribution in [2.24, 2.45) is 5.92 Å². The molecule has 0 saturated heterocycles. The SMILES string of the molecule is CC(C)C(=O)C(c1ccc(F)cc1)c1ccc(F)cc1. The Hall–Kier alpha value is -2.03. The number of hydrogen-bond acceptors (Lipinski definition) is 1. The Kier molecular flexibility index (Phi) is 4.28. The van der Waals surface area contributed by atoms with Crippen LogP contribution in [0.4, 0.5) is 8.78 Å². The van der Waals surface area contributed by atoms with Crippen molar-refractivity contribution in [3.63, 3.8) is 0 Å². The van der Waals surface area contributed by atoms with Crippen LogP contribution in [0.15, 0.2) is 48.5 Å². The minimum absolute atomic E-state index is 0.0308. The van der Waals surface area contributed by atoms with Crippen LogP contribution < -0.4 is 0 Å². The van der Waals surface area contributed by atoms with Gasteiger partial charge in [-0.3, -0.25) is 4.79 Å². The van der Waals surface area contributed by atoms with Crippen molar-refractivity contribution in [1.29, 1.82) is 0 Å². The maximum Gasteiger partial charge on any atom is 0.147 e. The molecule has 0 radical (unpaired) electrons. The molecule has 0 aliphatic heterocycles. The topological polar surface area (TPSA) is 17.1 Å². The van der Waals surface area contributed by atoms with E-state index in [9.17, 15) is 13.6 Å². The van der Waals surface area contributed by atoms with Gasteiger partial charge in [0, 0.05) is 5.92 Å². The van der Waals surface area contributed by atoms with Crippen LogP contribution in [0.5, 0.6) is 0 Å². The number of Topliss-reactive ketones (excluding diaryl/α,β-unsaturated/α-hetero) is 1. The zero-order valence-electron chi connectivity index (χ0n) is 11.4. The summed E-state index contributed by atoms with van der Waals surface area (Å²) in [7, 11) is 0. The highest BCUT2D eigenvalue weighted by Crippen LogP contribution is 2.28. The number of carbonyl (C=O) groups is 1. The van der Waals surface area contributed by atoms with Crippen LogP contribution in [0.2, 0.25) is 0 Å². The summed E-state index contributed by atoms with van der Waals surface area (Å²) in [4.78, 5) is 12.4. The van der Waals surface area contributed by atoms with E-state index in [1.54, 1.807) is 24.3 Å². The number of halogens is 2. The molecular weight excluding hydrogens is 258 g/mol. The zero-order valence-corrected chi connectivity index (χ0v) is 11.4. The van der Waals surface area contributed by atoms with Crippen LogP contribution in [-0.2, 0) is 4.79 Å². The predicted octanol–water partition coefficient (Wildman–Crippen LogP) is 4.32. The number of rotatable bonds is 4. The quantitative estimate of drug-likeness (QED) is 0.811. The Morgan fingerprint density at radius 3 is 1.45 bits per heavy atom. The third-order valence-electron chi connectivity index (χ3n) is 3.26. The van der Waals surface area contributed by atoms with Crippen LogP contribution in [0.25, 0.3) is 0 Å². The molecule has 2 aromatic rings. The second-order valence-corrected chi connectivity index (χ2v) is 5.09. The van der Waals surface area contributed by atoms with Crippen molar-refractivity contribution in [3.8, 4) is 0 Å². The molecular formula is C17H16F2O. The summed E-state index contributed by atoms with van der Waals surface area (Å²) in [5.74, 6) is -1.30. The molecule has 0 saturated carbocycles. The summed E-state index contributed by atoms with van der Waals surface area (Å²) >= 11 is 0. The first-order valence-corrected chi connectivity index (χ1v) is 6.53. The molecule has 2 aromatic carbocycles. The van der Waals surface area contributed by atoms with Gasteiger partial charge in [0.1, 0.15) is 17.4 Å². The van der Waals surface area contributed by atoms with Crippen LogP contribution in [0.3, 0.4) is 0 Å². The fourth-order valence-corrected chi connectivity index (χ4v) is 2.16. The first kappa shape index (κ1) is 14.4. The van der Waals surface area contributed by atoms with Crippen molar-refractivity contribution in [3.05, 3.63) is 71.3 Å². The van der Waals surface area contributed by atoms with Crippen LogP contribution in [0.1, 0.15) is 30.9 Å². The van der Waals surface area contributed by atoms with Crippen molar-refractivity contribution in [2.75, 3.05) is 0 Å². The van der Waals surface area contributed by atoms with Crippen LogP contribution in [0, 0.1) is 17.6 Å². The highest BCUT2D eigenvalue weighted by molar-refractivity contribution is 5.90. The highest BCUT2D eigenvalue weighted by atomic mass is 19.1.